The zero-order valence-electron chi connectivity index (χ0n) is 12.3. The third kappa shape index (κ3) is 3.85. The van der Waals surface area contributed by atoms with E-state index >= 15 is 0 Å². The molecule has 0 radical (unpaired) electrons. The number of alkyl halides is 3. The molecule has 0 heterocycles. The van der Waals surface area contributed by atoms with Crippen molar-refractivity contribution >= 4 is 0 Å². The minimum Gasteiger partial charge on any atom is -0.381 e. The SMILES string of the molecule is C=CC=CC(=CC)C(O)(CC(=C)CC)C(C)(F)C(F)F. The van der Waals surface area contributed by atoms with Gasteiger partial charge in [0.25, 0.3) is 6.43 Å². The second kappa shape index (κ2) is 7.48. The molecule has 0 bridgehead atoms. The van der Waals surface area contributed by atoms with Gasteiger partial charge in [0.2, 0.25) is 5.67 Å². The highest BCUT2D eigenvalue weighted by Crippen LogP contribution is 2.42. The van der Waals surface area contributed by atoms with Crippen LogP contribution in [0.25, 0.3) is 0 Å². The maximum absolute atomic E-state index is 14.5. The normalized spacial score (nSPS) is 18.9. The average molecular weight is 288 g/mol. The highest BCUT2D eigenvalue weighted by molar-refractivity contribution is 5.36. The first-order valence-electron chi connectivity index (χ1n) is 6.49. The van der Waals surface area contributed by atoms with E-state index in [-0.39, 0.29) is 12.0 Å². The lowest BCUT2D eigenvalue weighted by Gasteiger charge is -2.40. The van der Waals surface area contributed by atoms with Crippen molar-refractivity contribution in [1.82, 2.24) is 0 Å². The summed E-state index contributed by atoms with van der Waals surface area (Å²) in [7, 11) is 0. The van der Waals surface area contributed by atoms with Crippen molar-refractivity contribution in [3.63, 3.8) is 0 Å². The quantitative estimate of drug-likeness (QED) is 0.504. The molecule has 0 aromatic rings. The molecule has 0 amide bonds. The van der Waals surface area contributed by atoms with E-state index in [1.165, 1.54) is 24.3 Å². The maximum atomic E-state index is 14.5. The lowest BCUT2D eigenvalue weighted by Crippen LogP contribution is -2.55. The van der Waals surface area contributed by atoms with E-state index < -0.39 is 17.7 Å². The maximum Gasteiger partial charge on any atom is 0.275 e. The van der Waals surface area contributed by atoms with Gasteiger partial charge in [0.15, 0.2) is 0 Å². The number of rotatable bonds is 8. The Morgan fingerprint density at radius 2 is 1.95 bits per heavy atom. The van der Waals surface area contributed by atoms with Gasteiger partial charge in [-0.1, -0.05) is 50.0 Å². The Morgan fingerprint density at radius 3 is 2.30 bits per heavy atom. The summed E-state index contributed by atoms with van der Waals surface area (Å²) in [4.78, 5) is 0. The smallest absolute Gasteiger partial charge is 0.275 e. The Balaban J connectivity index is 5.86. The number of allylic oxidation sites excluding steroid dienone is 3. The van der Waals surface area contributed by atoms with Crippen molar-refractivity contribution in [3.8, 4) is 0 Å². The second-order valence-electron chi connectivity index (χ2n) is 4.86. The zero-order chi connectivity index (χ0) is 16.0. The van der Waals surface area contributed by atoms with Crippen LogP contribution in [0, 0.1) is 0 Å². The third-order valence-corrected chi connectivity index (χ3v) is 3.42. The molecular formula is C16H23F3O. The first-order chi connectivity index (χ1) is 9.17. The van der Waals surface area contributed by atoms with Gasteiger partial charge in [0.1, 0.15) is 5.60 Å². The molecule has 0 fully saturated rings. The van der Waals surface area contributed by atoms with Crippen LogP contribution in [-0.2, 0) is 0 Å². The van der Waals surface area contributed by atoms with Crippen molar-refractivity contribution in [2.45, 2.75) is 51.3 Å². The Bertz CT molecular complexity index is 408. The second-order valence-corrected chi connectivity index (χ2v) is 4.86. The predicted octanol–water partition coefficient (Wildman–Crippen LogP) is 4.76. The van der Waals surface area contributed by atoms with Crippen LogP contribution in [0.4, 0.5) is 13.2 Å². The van der Waals surface area contributed by atoms with Gasteiger partial charge in [-0.25, -0.2) is 13.2 Å². The molecule has 114 valence electrons. The predicted molar refractivity (Wildman–Crippen MR) is 77.6 cm³/mol. The molecule has 0 aliphatic rings. The van der Waals surface area contributed by atoms with Gasteiger partial charge in [-0.05, 0) is 25.8 Å². The summed E-state index contributed by atoms with van der Waals surface area (Å²) >= 11 is 0. The average Bonchev–Trinajstić information content (AvgIpc) is 2.38. The Morgan fingerprint density at radius 1 is 1.40 bits per heavy atom. The minimum absolute atomic E-state index is 0.0808. The van der Waals surface area contributed by atoms with Crippen molar-refractivity contribution in [1.29, 1.82) is 0 Å². The van der Waals surface area contributed by atoms with Gasteiger partial charge < -0.3 is 5.11 Å². The van der Waals surface area contributed by atoms with Crippen LogP contribution >= 0.6 is 0 Å². The number of aliphatic hydroxyl groups is 1. The Labute approximate surface area is 119 Å². The van der Waals surface area contributed by atoms with Crippen LogP contribution in [-0.4, -0.2) is 22.8 Å². The van der Waals surface area contributed by atoms with Gasteiger partial charge >= 0.3 is 0 Å². The van der Waals surface area contributed by atoms with Gasteiger partial charge in [0, 0.05) is 6.42 Å². The Hall–Kier alpha value is -1.29. The molecule has 20 heavy (non-hydrogen) atoms. The fraction of sp³-hybridized carbons (Fsp3) is 0.500. The van der Waals surface area contributed by atoms with Crippen molar-refractivity contribution in [3.05, 3.63) is 48.6 Å². The van der Waals surface area contributed by atoms with Crippen molar-refractivity contribution in [2.24, 2.45) is 0 Å². The minimum atomic E-state index is -3.32. The summed E-state index contributed by atoms with van der Waals surface area (Å²) in [5, 5.41) is 10.6. The largest absolute Gasteiger partial charge is 0.381 e. The van der Waals surface area contributed by atoms with Crippen LogP contribution in [0.1, 0.15) is 33.6 Å². The fourth-order valence-electron chi connectivity index (χ4n) is 1.87. The molecule has 0 spiro atoms. The molecule has 0 aliphatic carbocycles. The van der Waals surface area contributed by atoms with E-state index in [1.807, 2.05) is 0 Å². The van der Waals surface area contributed by atoms with Crippen molar-refractivity contribution in [2.75, 3.05) is 0 Å². The molecular weight excluding hydrogens is 265 g/mol. The van der Waals surface area contributed by atoms with E-state index in [2.05, 4.69) is 13.2 Å². The molecule has 1 nitrogen and oxygen atoms in total. The monoisotopic (exact) mass is 288 g/mol. The van der Waals surface area contributed by atoms with Crippen LogP contribution in [0.2, 0.25) is 0 Å². The fourth-order valence-corrected chi connectivity index (χ4v) is 1.87. The van der Waals surface area contributed by atoms with E-state index in [0.717, 1.165) is 0 Å². The molecule has 0 saturated heterocycles. The third-order valence-electron chi connectivity index (χ3n) is 3.42. The molecule has 0 aromatic carbocycles. The standard InChI is InChI=1S/C16H23F3O/c1-6-9-10-13(8-3)16(20,11-12(4)7-2)15(5,19)14(17)18/h6,8-10,14,20H,1,4,7,11H2,2-3,5H3. The highest BCUT2D eigenvalue weighted by atomic mass is 19.3. The summed E-state index contributed by atoms with van der Waals surface area (Å²) < 4.78 is 40.6. The van der Waals surface area contributed by atoms with Gasteiger partial charge in [-0.15, -0.1) is 0 Å². The Kier molecular flexibility index (Phi) is 7.00. The molecule has 2 atom stereocenters. The van der Waals surface area contributed by atoms with Crippen LogP contribution in [0.5, 0.6) is 0 Å². The summed E-state index contributed by atoms with van der Waals surface area (Å²) in [5.74, 6) is 0. The molecule has 0 aliphatic heterocycles. The first-order valence-corrected chi connectivity index (χ1v) is 6.49. The summed E-state index contributed by atoms with van der Waals surface area (Å²) in [5.41, 5.74) is -4.83. The number of halogens is 3. The summed E-state index contributed by atoms with van der Waals surface area (Å²) in [6.45, 7) is 11.2. The van der Waals surface area contributed by atoms with E-state index in [1.54, 1.807) is 13.8 Å². The number of hydrogen-bond donors (Lipinski definition) is 1. The zero-order valence-corrected chi connectivity index (χ0v) is 12.3. The van der Waals surface area contributed by atoms with Gasteiger partial charge in [-0.3, -0.25) is 0 Å². The summed E-state index contributed by atoms with van der Waals surface area (Å²) in [6, 6.07) is 0. The van der Waals surface area contributed by atoms with Crippen LogP contribution < -0.4 is 0 Å². The molecule has 0 saturated carbocycles. The van der Waals surface area contributed by atoms with Crippen LogP contribution in [0.15, 0.2) is 48.6 Å². The van der Waals surface area contributed by atoms with Crippen molar-refractivity contribution < 1.29 is 18.3 Å². The molecule has 4 heteroatoms. The van der Waals surface area contributed by atoms with Gasteiger partial charge in [-0.2, -0.15) is 0 Å². The molecule has 0 rings (SSSR count). The van der Waals surface area contributed by atoms with E-state index in [0.29, 0.717) is 18.9 Å². The van der Waals surface area contributed by atoms with E-state index in [9.17, 15) is 18.3 Å². The first kappa shape index (κ1) is 18.7. The number of hydrogen-bond acceptors (Lipinski definition) is 1. The summed E-state index contributed by atoms with van der Waals surface area (Å²) in [6.07, 6.45) is 2.60. The molecule has 1 N–H and O–H groups in total. The lowest BCUT2D eigenvalue weighted by atomic mass is 9.74. The molecule has 2 unspecified atom stereocenters. The van der Waals surface area contributed by atoms with Crippen LogP contribution in [0.3, 0.4) is 0 Å². The molecule has 0 aromatic heterocycles. The van der Waals surface area contributed by atoms with E-state index in [4.69, 9.17) is 0 Å². The topological polar surface area (TPSA) is 20.2 Å². The van der Waals surface area contributed by atoms with Gasteiger partial charge in [0.05, 0.1) is 0 Å². The highest BCUT2D eigenvalue weighted by Gasteiger charge is 2.55. The lowest BCUT2D eigenvalue weighted by molar-refractivity contribution is -0.141.